The number of nitrogens with zero attached hydrogens (tertiary/aromatic N) is 4. The smallest absolute Gasteiger partial charge is 0.322 e. The van der Waals surface area contributed by atoms with Crippen molar-refractivity contribution < 1.29 is 18.3 Å². The van der Waals surface area contributed by atoms with Gasteiger partial charge >= 0.3 is 12.0 Å². The molecule has 108 valence electrons. The molecule has 0 saturated heterocycles. The summed E-state index contributed by atoms with van der Waals surface area (Å²) < 4.78 is 36.8. The molecule has 1 heterocycles. The second-order valence-corrected chi connectivity index (χ2v) is 3.89. The maximum absolute atomic E-state index is 13.8. The minimum Gasteiger partial charge on any atom is -0.467 e. The Labute approximate surface area is 119 Å². The number of halogens is 2. The van der Waals surface area contributed by atoms with Crippen LogP contribution < -0.4 is 9.47 Å². The summed E-state index contributed by atoms with van der Waals surface area (Å²) in [7, 11) is 2.64. The van der Waals surface area contributed by atoms with Gasteiger partial charge in [0.1, 0.15) is 17.6 Å². The first-order valence-corrected chi connectivity index (χ1v) is 5.77. The third-order valence-electron chi connectivity index (χ3n) is 2.63. The molecule has 0 saturated carbocycles. The summed E-state index contributed by atoms with van der Waals surface area (Å²) in [6.07, 6.45) is 0. The van der Waals surface area contributed by atoms with Gasteiger partial charge in [0.25, 0.3) is 0 Å². The Kier molecular flexibility index (Phi) is 4.23. The molecule has 0 spiro atoms. The van der Waals surface area contributed by atoms with E-state index >= 15 is 0 Å². The predicted octanol–water partition coefficient (Wildman–Crippen LogP) is 1.82. The molecule has 1 atom stereocenters. The van der Waals surface area contributed by atoms with Crippen molar-refractivity contribution in [2.24, 2.45) is 0 Å². The zero-order valence-electron chi connectivity index (χ0n) is 11.2. The van der Waals surface area contributed by atoms with E-state index in [-0.39, 0.29) is 23.4 Å². The topological polar surface area (TPSA) is 80.9 Å². The third kappa shape index (κ3) is 3.02. The number of nitriles is 1. The van der Waals surface area contributed by atoms with Gasteiger partial charge in [0.15, 0.2) is 5.82 Å². The maximum atomic E-state index is 13.8. The van der Waals surface area contributed by atoms with Crippen molar-refractivity contribution in [3.63, 3.8) is 0 Å². The van der Waals surface area contributed by atoms with Gasteiger partial charge in [-0.2, -0.15) is 15.2 Å². The lowest BCUT2D eigenvalue weighted by atomic mass is 9.99. The summed E-state index contributed by atoms with van der Waals surface area (Å²) in [5.41, 5.74) is -0.173. The van der Waals surface area contributed by atoms with Crippen LogP contribution in [0.1, 0.15) is 17.3 Å². The van der Waals surface area contributed by atoms with E-state index in [4.69, 9.17) is 9.47 Å². The lowest BCUT2D eigenvalue weighted by molar-refractivity contribution is 0.336. The average Bonchev–Trinajstić information content (AvgIpc) is 2.51. The summed E-state index contributed by atoms with van der Waals surface area (Å²) in [4.78, 5) is 11.5. The van der Waals surface area contributed by atoms with Crippen LogP contribution in [0.4, 0.5) is 8.78 Å². The normalized spacial score (nSPS) is 11.6. The highest BCUT2D eigenvalue weighted by atomic mass is 19.1. The number of hydrogen-bond donors (Lipinski definition) is 0. The molecule has 0 N–H and O–H groups in total. The molecular weight excluding hydrogens is 282 g/mol. The Balaban J connectivity index is 2.56. The van der Waals surface area contributed by atoms with Crippen LogP contribution in [0, 0.1) is 23.0 Å². The van der Waals surface area contributed by atoms with Crippen molar-refractivity contribution in [2.45, 2.75) is 5.92 Å². The minimum atomic E-state index is -1.22. The van der Waals surface area contributed by atoms with Gasteiger partial charge in [-0.05, 0) is 18.2 Å². The molecule has 0 aliphatic carbocycles. The molecule has 0 fully saturated rings. The second-order valence-electron chi connectivity index (χ2n) is 3.89. The van der Waals surface area contributed by atoms with E-state index in [0.717, 1.165) is 18.2 Å². The first kappa shape index (κ1) is 14.6. The molecule has 21 heavy (non-hydrogen) atoms. The first-order valence-electron chi connectivity index (χ1n) is 5.77. The Morgan fingerprint density at radius 2 is 1.71 bits per heavy atom. The van der Waals surface area contributed by atoms with Gasteiger partial charge in [-0.15, -0.1) is 4.98 Å². The van der Waals surface area contributed by atoms with Crippen LogP contribution in [0.15, 0.2) is 18.2 Å². The molecular formula is C13H10F2N4O2. The Morgan fingerprint density at radius 1 is 1.10 bits per heavy atom. The fraction of sp³-hybridized carbons (Fsp3) is 0.231. The Hall–Kier alpha value is -2.82. The third-order valence-corrected chi connectivity index (χ3v) is 2.63. The number of aromatic nitrogens is 3. The molecule has 0 aliphatic rings. The van der Waals surface area contributed by atoms with Crippen LogP contribution >= 0.6 is 0 Å². The van der Waals surface area contributed by atoms with Crippen molar-refractivity contribution in [1.29, 1.82) is 5.26 Å². The number of methoxy groups -OCH3 is 2. The van der Waals surface area contributed by atoms with E-state index in [2.05, 4.69) is 15.0 Å². The second kappa shape index (κ2) is 6.09. The summed E-state index contributed by atoms with van der Waals surface area (Å²) >= 11 is 0. The molecule has 2 rings (SSSR count). The lowest BCUT2D eigenvalue weighted by Gasteiger charge is -2.11. The molecule has 0 bridgehead atoms. The minimum absolute atomic E-state index is 0.0890. The fourth-order valence-electron chi connectivity index (χ4n) is 1.67. The van der Waals surface area contributed by atoms with Crippen LogP contribution in [0.2, 0.25) is 0 Å². The summed E-state index contributed by atoms with van der Waals surface area (Å²) in [5, 5.41) is 9.25. The highest BCUT2D eigenvalue weighted by molar-refractivity contribution is 5.34. The van der Waals surface area contributed by atoms with E-state index in [1.807, 2.05) is 6.07 Å². The van der Waals surface area contributed by atoms with E-state index < -0.39 is 17.6 Å². The Bertz CT molecular complexity index is 681. The van der Waals surface area contributed by atoms with Crippen molar-refractivity contribution in [3.8, 4) is 18.1 Å². The quantitative estimate of drug-likeness (QED) is 0.855. The lowest BCUT2D eigenvalue weighted by Crippen LogP contribution is -2.10. The predicted molar refractivity (Wildman–Crippen MR) is 66.7 cm³/mol. The van der Waals surface area contributed by atoms with E-state index in [9.17, 15) is 14.0 Å². The van der Waals surface area contributed by atoms with Gasteiger partial charge in [-0.1, -0.05) is 0 Å². The maximum Gasteiger partial charge on any atom is 0.322 e. The standard InChI is InChI=1S/C13H10F2N4O2/c1-20-12-17-11(18-13(19-12)21-2)9(6-16)8-5-7(14)3-4-10(8)15/h3-5,9H,1-2H3. The van der Waals surface area contributed by atoms with Crippen molar-refractivity contribution >= 4 is 0 Å². The number of hydrogen-bond acceptors (Lipinski definition) is 6. The van der Waals surface area contributed by atoms with Crippen LogP contribution in [-0.2, 0) is 0 Å². The highest BCUT2D eigenvalue weighted by Crippen LogP contribution is 2.26. The van der Waals surface area contributed by atoms with Gasteiger partial charge in [0.2, 0.25) is 0 Å². The van der Waals surface area contributed by atoms with Gasteiger partial charge in [-0.3, -0.25) is 0 Å². The summed E-state index contributed by atoms with van der Waals surface area (Å²) in [6, 6.07) is 4.47. The van der Waals surface area contributed by atoms with E-state index in [0.29, 0.717) is 0 Å². The molecule has 0 aliphatic heterocycles. The van der Waals surface area contributed by atoms with Crippen LogP contribution in [0.3, 0.4) is 0 Å². The number of ether oxygens (including phenoxy) is 2. The number of benzene rings is 1. The fourth-order valence-corrected chi connectivity index (χ4v) is 1.67. The highest BCUT2D eigenvalue weighted by Gasteiger charge is 2.23. The molecule has 2 aromatic rings. The molecule has 0 amide bonds. The first-order chi connectivity index (χ1) is 10.1. The van der Waals surface area contributed by atoms with Gasteiger partial charge in [0.05, 0.1) is 20.3 Å². The van der Waals surface area contributed by atoms with Crippen LogP contribution in [0.25, 0.3) is 0 Å². The molecule has 1 aromatic heterocycles. The molecule has 1 aromatic carbocycles. The molecule has 6 nitrogen and oxygen atoms in total. The van der Waals surface area contributed by atoms with Crippen molar-refractivity contribution in [1.82, 2.24) is 15.0 Å². The van der Waals surface area contributed by atoms with Gasteiger partial charge < -0.3 is 9.47 Å². The van der Waals surface area contributed by atoms with Crippen LogP contribution in [-0.4, -0.2) is 29.2 Å². The average molecular weight is 292 g/mol. The Morgan fingerprint density at radius 3 is 2.24 bits per heavy atom. The monoisotopic (exact) mass is 292 g/mol. The van der Waals surface area contributed by atoms with Gasteiger partial charge in [0, 0.05) is 5.56 Å². The SMILES string of the molecule is COc1nc(OC)nc(C(C#N)c2cc(F)ccc2F)n1. The molecule has 8 heteroatoms. The largest absolute Gasteiger partial charge is 0.467 e. The summed E-state index contributed by atoms with van der Waals surface area (Å²) in [5.74, 6) is -2.71. The zero-order valence-corrected chi connectivity index (χ0v) is 11.2. The van der Waals surface area contributed by atoms with Crippen LogP contribution in [0.5, 0.6) is 12.0 Å². The van der Waals surface area contributed by atoms with Crippen molar-refractivity contribution in [2.75, 3.05) is 14.2 Å². The van der Waals surface area contributed by atoms with E-state index in [1.54, 1.807) is 0 Å². The summed E-state index contributed by atoms with van der Waals surface area (Å²) in [6.45, 7) is 0. The van der Waals surface area contributed by atoms with Gasteiger partial charge in [-0.25, -0.2) is 8.78 Å². The van der Waals surface area contributed by atoms with Crippen molar-refractivity contribution in [3.05, 3.63) is 41.2 Å². The van der Waals surface area contributed by atoms with E-state index in [1.165, 1.54) is 14.2 Å². The number of rotatable bonds is 4. The zero-order chi connectivity index (χ0) is 15.4. The molecule has 1 unspecified atom stereocenters. The molecule has 0 radical (unpaired) electrons.